The molecular formula is C29H24Cl2N4OS. The molecule has 0 aliphatic rings. The van der Waals surface area contributed by atoms with Crippen LogP contribution in [0.4, 0.5) is 0 Å². The zero-order chi connectivity index (χ0) is 25.9. The Bertz CT molecular complexity index is 1600. The zero-order valence-corrected chi connectivity index (χ0v) is 22.6. The third-order valence-corrected chi connectivity index (χ3v) is 7.54. The Morgan fingerprint density at radius 2 is 1.76 bits per heavy atom. The number of aryl methyl sites for hydroxylation is 1. The molecule has 0 fully saturated rings. The van der Waals surface area contributed by atoms with Crippen LogP contribution in [0.1, 0.15) is 40.3 Å². The highest BCUT2D eigenvalue weighted by Gasteiger charge is 2.23. The molecule has 186 valence electrons. The summed E-state index contributed by atoms with van der Waals surface area (Å²) < 4.78 is 1.89. The molecule has 4 aromatic carbocycles. The van der Waals surface area contributed by atoms with E-state index in [-0.39, 0.29) is 5.91 Å². The first-order valence-electron chi connectivity index (χ1n) is 11.8. The molecule has 0 radical (unpaired) electrons. The van der Waals surface area contributed by atoms with Crippen LogP contribution in [0, 0.1) is 6.92 Å². The minimum absolute atomic E-state index is 0.191. The number of amides is 1. The van der Waals surface area contributed by atoms with Crippen molar-refractivity contribution < 1.29 is 4.79 Å². The SMILES string of the molecule is Cc1cccc(CSc2nnc(C(C)NC(=O)c3ccc4ccccc4c3)n2-c2ccc(Cl)cc2Cl)c1. The van der Waals surface area contributed by atoms with Gasteiger partial charge in [-0.15, -0.1) is 10.2 Å². The Labute approximate surface area is 229 Å². The molecule has 8 heteroatoms. The van der Waals surface area contributed by atoms with E-state index in [1.807, 2.05) is 66.1 Å². The van der Waals surface area contributed by atoms with Crippen molar-refractivity contribution in [1.82, 2.24) is 20.1 Å². The van der Waals surface area contributed by atoms with Crippen LogP contribution in [0.5, 0.6) is 0 Å². The highest BCUT2D eigenvalue weighted by Crippen LogP contribution is 2.32. The Morgan fingerprint density at radius 1 is 0.946 bits per heavy atom. The lowest BCUT2D eigenvalue weighted by Gasteiger charge is -2.17. The normalized spacial score (nSPS) is 12.0. The summed E-state index contributed by atoms with van der Waals surface area (Å²) in [7, 11) is 0. The van der Waals surface area contributed by atoms with Gasteiger partial charge in [0, 0.05) is 16.3 Å². The van der Waals surface area contributed by atoms with E-state index in [0.29, 0.717) is 38.0 Å². The fraction of sp³-hybridized carbons (Fsp3) is 0.138. The summed E-state index contributed by atoms with van der Waals surface area (Å²) in [6.45, 7) is 3.96. The molecule has 1 aromatic heterocycles. The number of fused-ring (bicyclic) bond motifs is 1. The number of hydrogen-bond donors (Lipinski definition) is 1. The van der Waals surface area contributed by atoms with Crippen molar-refractivity contribution in [2.45, 2.75) is 30.8 Å². The lowest BCUT2D eigenvalue weighted by atomic mass is 10.1. The summed E-state index contributed by atoms with van der Waals surface area (Å²) >= 11 is 14.3. The summed E-state index contributed by atoms with van der Waals surface area (Å²) in [4.78, 5) is 13.2. The van der Waals surface area contributed by atoms with Crippen LogP contribution >= 0.6 is 35.0 Å². The number of benzene rings is 4. The lowest BCUT2D eigenvalue weighted by Crippen LogP contribution is -2.28. The van der Waals surface area contributed by atoms with E-state index in [9.17, 15) is 4.79 Å². The predicted molar refractivity (Wildman–Crippen MR) is 152 cm³/mol. The zero-order valence-electron chi connectivity index (χ0n) is 20.3. The largest absolute Gasteiger partial charge is 0.342 e. The van der Waals surface area contributed by atoms with E-state index >= 15 is 0 Å². The van der Waals surface area contributed by atoms with Crippen molar-refractivity contribution >= 4 is 51.6 Å². The summed E-state index contributed by atoms with van der Waals surface area (Å²) in [6, 6.07) is 26.8. The highest BCUT2D eigenvalue weighted by atomic mass is 35.5. The number of nitrogens with one attached hydrogen (secondary N) is 1. The van der Waals surface area contributed by atoms with Crippen LogP contribution in [0.15, 0.2) is 90.1 Å². The van der Waals surface area contributed by atoms with Crippen molar-refractivity contribution in [3.63, 3.8) is 0 Å². The quantitative estimate of drug-likeness (QED) is 0.211. The van der Waals surface area contributed by atoms with Crippen LogP contribution in [0.2, 0.25) is 10.0 Å². The molecule has 5 rings (SSSR count). The first kappa shape index (κ1) is 25.3. The van der Waals surface area contributed by atoms with Gasteiger partial charge < -0.3 is 5.32 Å². The Balaban J connectivity index is 1.45. The summed E-state index contributed by atoms with van der Waals surface area (Å²) in [5.74, 6) is 1.09. The number of rotatable bonds is 7. The van der Waals surface area contributed by atoms with Crippen molar-refractivity contribution in [2.24, 2.45) is 0 Å². The molecule has 0 aliphatic heterocycles. The number of carbonyl (C=O) groups excluding carboxylic acids is 1. The van der Waals surface area contributed by atoms with Gasteiger partial charge in [-0.05, 0) is 60.5 Å². The van der Waals surface area contributed by atoms with E-state index in [1.54, 1.807) is 23.9 Å². The standard InChI is InChI=1S/C29H24Cl2N4OS/c1-18-6-5-7-20(14-18)17-37-29-34-33-27(35(29)26-13-12-24(30)16-25(26)31)19(2)32-28(36)23-11-10-21-8-3-4-9-22(21)15-23/h3-16,19H,17H2,1-2H3,(H,32,36). The van der Waals surface area contributed by atoms with Crippen LogP contribution in [0.25, 0.3) is 16.5 Å². The van der Waals surface area contributed by atoms with E-state index in [2.05, 4.69) is 40.6 Å². The lowest BCUT2D eigenvalue weighted by molar-refractivity contribution is 0.0938. The van der Waals surface area contributed by atoms with Crippen LogP contribution in [-0.4, -0.2) is 20.7 Å². The second-order valence-electron chi connectivity index (χ2n) is 8.81. The molecule has 0 spiro atoms. The van der Waals surface area contributed by atoms with Gasteiger partial charge in [-0.1, -0.05) is 95.1 Å². The Morgan fingerprint density at radius 3 is 2.54 bits per heavy atom. The van der Waals surface area contributed by atoms with Gasteiger partial charge in [0.25, 0.3) is 5.91 Å². The van der Waals surface area contributed by atoms with Gasteiger partial charge in [0.15, 0.2) is 11.0 Å². The first-order chi connectivity index (χ1) is 17.9. The van der Waals surface area contributed by atoms with E-state index < -0.39 is 6.04 Å². The molecule has 1 N–H and O–H groups in total. The maximum absolute atomic E-state index is 13.2. The topological polar surface area (TPSA) is 59.8 Å². The molecule has 5 nitrogen and oxygen atoms in total. The third-order valence-electron chi connectivity index (χ3n) is 6.01. The van der Waals surface area contributed by atoms with Gasteiger partial charge in [0.05, 0.1) is 16.8 Å². The maximum Gasteiger partial charge on any atom is 0.251 e. The minimum Gasteiger partial charge on any atom is -0.342 e. The highest BCUT2D eigenvalue weighted by molar-refractivity contribution is 7.98. The van der Waals surface area contributed by atoms with Gasteiger partial charge in [-0.25, -0.2) is 0 Å². The van der Waals surface area contributed by atoms with Gasteiger partial charge in [0.2, 0.25) is 0 Å². The molecule has 0 saturated heterocycles. The number of hydrogen-bond acceptors (Lipinski definition) is 4. The molecule has 5 aromatic rings. The molecule has 1 heterocycles. The van der Waals surface area contributed by atoms with Gasteiger partial charge in [0.1, 0.15) is 0 Å². The van der Waals surface area contributed by atoms with Crippen LogP contribution in [0.3, 0.4) is 0 Å². The average molecular weight is 548 g/mol. The van der Waals surface area contributed by atoms with Crippen molar-refractivity contribution in [3.8, 4) is 5.69 Å². The summed E-state index contributed by atoms with van der Waals surface area (Å²) in [6.07, 6.45) is 0. The van der Waals surface area contributed by atoms with Gasteiger partial charge in [-0.2, -0.15) is 0 Å². The van der Waals surface area contributed by atoms with Crippen molar-refractivity contribution in [2.75, 3.05) is 0 Å². The first-order valence-corrected chi connectivity index (χ1v) is 13.5. The van der Waals surface area contributed by atoms with Crippen molar-refractivity contribution in [1.29, 1.82) is 0 Å². The molecule has 37 heavy (non-hydrogen) atoms. The number of thioether (sulfide) groups is 1. The monoisotopic (exact) mass is 546 g/mol. The number of halogens is 2. The van der Waals surface area contributed by atoms with E-state index in [1.165, 1.54) is 11.1 Å². The fourth-order valence-electron chi connectivity index (χ4n) is 4.17. The molecular weight excluding hydrogens is 523 g/mol. The predicted octanol–water partition coefficient (Wildman–Crippen LogP) is 7.82. The second kappa shape index (κ2) is 11.0. The molecule has 0 saturated carbocycles. The molecule has 0 aliphatic carbocycles. The molecule has 1 amide bonds. The van der Waals surface area contributed by atoms with Crippen LogP contribution < -0.4 is 5.32 Å². The van der Waals surface area contributed by atoms with E-state index in [0.717, 1.165) is 10.8 Å². The second-order valence-corrected chi connectivity index (χ2v) is 10.6. The Hall–Kier alpha value is -3.32. The molecule has 1 atom stereocenters. The number of nitrogens with zero attached hydrogens (tertiary/aromatic N) is 3. The van der Waals surface area contributed by atoms with Gasteiger partial charge >= 0.3 is 0 Å². The van der Waals surface area contributed by atoms with Gasteiger partial charge in [-0.3, -0.25) is 9.36 Å². The summed E-state index contributed by atoms with van der Waals surface area (Å²) in [5, 5.41) is 15.8. The minimum atomic E-state index is -0.438. The Kier molecular flexibility index (Phi) is 7.51. The summed E-state index contributed by atoms with van der Waals surface area (Å²) in [5.41, 5.74) is 3.66. The van der Waals surface area contributed by atoms with Crippen molar-refractivity contribution in [3.05, 3.63) is 117 Å². The number of aromatic nitrogens is 3. The van der Waals surface area contributed by atoms with E-state index in [4.69, 9.17) is 23.2 Å². The molecule has 1 unspecified atom stereocenters. The fourth-order valence-corrected chi connectivity index (χ4v) is 5.56. The third kappa shape index (κ3) is 5.67. The molecule has 0 bridgehead atoms. The average Bonchev–Trinajstić information content (AvgIpc) is 3.31. The smallest absolute Gasteiger partial charge is 0.251 e. The van der Waals surface area contributed by atoms with Crippen LogP contribution in [-0.2, 0) is 5.75 Å². The number of carbonyl (C=O) groups is 1. The maximum atomic E-state index is 13.2.